The van der Waals surface area contributed by atoms with Crippen LogP contribution in [0.3, 0.4) is 0 Å². The van der Waals surface area contributed by atoms with Gasteiger partial charge in [0, 0.05) is 23.5 Å². The predicted octanol–water partition coefficient (Wildman–Crippen LogP) is 3.96. The van der Waals surface area contributed by atoms with E-state index in [1.54, 1.807) is 11.3 Å². The third-order valence-electron chi connectivity index (χ3n) is 2.35. The molecule has 0 bridgehead atoms. The van der Waals surface area contributed by atoms with E-state index in [1.807, 2.05) is 24.3 Å². The Morgan fingerprint density at radius 3 is 2.82 bits per heavy atom. The van der Waals surface area contributed by atoms with Gasteiger partial charge >= 0.3 is 0 Å². The zero-order chi connectivity index (χ0) is 12.3. The van der Waals surface area contributed by atoms with Gasteiger partial charge in [-0.05, 0) is 6.07 Å². The quantitative estimate of drug-likeness (QED) is 0.906. The molecule has 0 saturated carbocycles. The van der Waals surface area contributed by atoms with E-state index in [0.717, 1.165) is 27.8 Å². The van der Waals surface area contributed by atoms with Crippen molar-refractivity contribution in [3.05, 3.63) is 40.4 Å². The van der Waals surface area contributed by atoms with Crippen LogP contribution in [0.25, 0.3) is 10.6 Å². The van der Waals surface area contributed by atoms with Crippen LogP contribution in [-0.4, -0.2) is 11.0 Å². The van der Waals surface area contributed by atoms with E-state index in [9.17, 15) is 0 Å². The lowest BCUT2D eigenvalue weighted by Crippen LogP contribution is -2.21. The van der Waals surface area contributed by atoms with Crippen molar-refractivity contribution in [1.29, 1.82) is 0 Å². The molecule has 90 valence electrons. The maximum absolute atomic E-state index is 6.15. The van der Waals surface area contributed by atoms with E-state index >= 15 is 0 Å². The molecule has 0 aliphatic rings. The van der Waals surface area contributed by atoms with Gasteiger partial charge in [-0.3, -0.25) is 0 Å². The molecule has 0 atom stereocenters. The molecule has 2 aromatic rings. The summed E-state index contributed by atoms with van der Waals surface area (Å²) >= 11 is 7.78. The lowest BCUT2D eigenvalue weighted by atomic mass is 10.2. The minimum atomic E-state index is 0.473. The third kappa shape index (κ3) is 3.28. The Hall–Kier alpha value is -0.900. The van der Waals surface area contributed by atoms with Gasteiger partial charge in [0.2, 0.25) is 0 Å². The van der Waals surface area contributed by atoms with Gasteiger partial charge < -0.3 is 5.32 Å². The fraction of sp³-hybridized carbons (Fsp3) is 0.308. The summed E-state index contributed by atoms with van der Waals surface area (Å²) in [5, 5.41) is 7.17. The van der Waals surface area contributed by atoms with Crippen LogP contribution in [0.15, 0.2) is 29.6 Å². The number of benzene rings is 1. The zero-order valence-electron chi connectivity index (χ0n) is 9.90. The topological polar surface area (TPSA) is 24.9 Å². The summed E-state index contributed by atoms with van der Waals surface area (Å²) in [4.78, 5) is 4.58. The van der Waals surface area contributed by atoms with Crippen molar-refractivity contribution in [2.24, 2.45) is 0 Å². The Bertz CT molecular complexity index is 494. The van der Waals surface area contributed by atoms with Crippen molar-refractivity contribution < 1.29 is 0 Å². The lowest BCUT2D eigenvalue weighted by Gasteiger charge is -2.04. The van der Waals surface area contributed by atoms with Crippen molar-refractivity contribution in [2.75, 3.05) is 0 Å². The van der Waals surface area contributed by atoms with Crippen molar-refractivity contribution in [3.63, 3.8) is 0 Å². The van der Waals surface area contributed by atoms with Crippen LogP contribution in [0.2, 0.25) is 5.02 Å². The SMILES string of the molecule is CC(C)NCc1csc(-c2ccccc2Cl)n1. The molecule has 17 heavy (non-hydrogen) atoms. The first kappa shape index (κ1) is 12.6. The molecule has 0 saturated heterocycles. The normalized spacial score (nSPS) is 11.1. The fourth-order valence-electron chi connectivity index (χ4n) is 1.46. The fourth-order valence-corrected chi connectivity index (χ4v) is 2.60. The van der Waals surface area contributed by atoms with Crippen LogP contribution in [0.1, 0.15) is 19.5 Å². The maximum atomic E-state index is 6.15. The number of halogens is 1. The minimum absolute atomic E-state index is 0.473. The van der Waals surface area contributed by atoms with E-state index in [0.29, 0.717) is 6.04 Å². The van der Waals surface area contributed by atoms with E-state index in [1.165, 1.54) is 0 Å². The van der Waals surface area contributed by atoms with Crippen molar-refractivity contribution >= 4 is 22.9 Å². The van der Waals surface area contributed by atoms with Gasteiger partial charge in [0.05, 0.1) is 10.7 Å². The number of rotatable bonds is 4. The second kappa shape index (κ2) is 5.63. The molecule has 0 unspecified atom stereocenters. The van der Waals surface area contributed by atoms with Crippen LogP contribution in [0.5, 0.6) is 0 Å². The second-order valence-electron chi connectivity index (χ2n) is 4.16. The molecule has 1 aromatic carbocycles. The van der Waals surface area contributed by atoms with Crippen LogP contribution in [0.4, 0.5) is 0 Å². The molecule has 0 radical (unpaired) electrons. The average molecular weight is 267 g/mol. The molecule has 0 aliphatic heterocycles. The van der Waals surface area contributed by atoms with Gasteiger partial charge in [-0.15, -0.1) is 11.3 Å². The molecule has 1 heterocycles. The highest BCUT2D eigenvalue weighted by molar-refractivity contribution is 7.13. The van der Waals surface area contributed by atoms with Crippen molar-refractivity contribution in [1.82, 2.24) is 10.3 Å². The first-order valence-corrected chi connectivity index (χ1v) is 6.85. The molecule has 1 N–H and O–H groups in total. The van der Waals surface area contributed by atoms with Gasteiger partial charge in [0.25, 0.3) is 0 Å². The number of aromatic nitrogens is 1. The molecule has 1 aromatic heterocycles. The third-order valence-corrected chi connectivity index (χ3v) is 3.60. The second-order valence-corrected chi connectivity index (χ2v) is 5.42. The predicted molar refractivity (Wildman–Crippen MR) is 74.5 cm³/mol. The smallest absolute Gasteiger partial charge is 0.125 e. The highest BCUT2D eigenvalue weighted by atomic mass is 35.5. The Kier molecular flexibility index (Phi) is 4.15. The van der Waals surface area contributed by atoms with E-state index < -0.39 is 0 Å². The first-order valence-electron chi connectivity index (χ1n) is 5.59. The molecule has 2 nitrogen and oxygen atoms in total. The molecule has 2 rings (SSSR count). The zero-order valence-corrected chi connectivity index (χ0v) is 11.5. The first-order chi connectivity index (χ1) is 8.16. The summed E-state index contributed by atoms with van der Waals surface area (Å²) in [7, 11) is 0. The van der Waals surface area contributed by atoms with Gasteiger partial charge in [-0.25, -0.2) is 4.98 Å². The van der Waals surface area contributed by atoms with Crippen LogP contribution in [0, 0.1) is 0 Å². The van der Waals surface area contributed by atoms with E-state index in [2.05, 4.69) is 29.5 Å². The summed E-state index contributed by atoms with van der Waals surface area (Å²) in [5.74, 6) is 0. The Labute approximate surface area is 111 Å². The minimum Gasteiger partial charge on any atom is -0.309 e. The van der Waals surface area contributed by atoms with Gasteiger partial charge in [0.1, 0.15) is 5.01 Å². The summed E-state index contributed by atoms with van der Waals surface area (Å²) < 4.78 is 0. The highest BCUT2D eigenvalue weighted by Crippen LogP contribution is 2.29. The highest BCUT2D eigenvalue weighted by Gasteiger charge is 2.07. The van der Waals surface area contributed by atoms with Gasteiger partial charge in [-0.2, -0.15) is 0 Å². The molecule has 0 aliphatic carbocycles. The van der Waals surface area contributed by atoms with E-state index in [4.69, 9.17) is 11.6 Å². The summed E-state index contributed by atoms with van der Waals surface area (Å²) in [6, 6.07) is 8.28. The summed E-state index contributed by atoms with van der Waals surface area (Å²) in [6.07, 6.45) is 0. The Balaban J connectivity index is 2.16. The molecule has 0 amide bonds. The number of nitrogens with one attached hydrogen (secondary N) is 1. The Morgan fingerprint density at radius 2 is 2.12 bits per heavy atom. The molecule has 0 spiro atoms. The molecular formula is C13H15ClN2S. The monoisotopic (exact) mass is 266 g/mol. The van der Waals surface area contributed by atoms with Crippen molar-refractivity contribution in [2.45, 2.75) is 26.4 Å². The lowest BCUT2D eigenvalue weighted by molar-refractivity contribution is 0.583. The maximum Gasteiger partial charge on any atom is 0.125 e. The molecule has 4 heteroatoms. The molecule has 0 fully saturated rings. The van der Waals surface area contributed by atoms with Gasteiger partial charge in [-0.1, -0.05) is 43.6 Å². The van der Waals surface area contributed by atoms with Crippen molar-refractivity contribution in [3.8, 4) is 10.6 Å². The number of thiazole rings is 1. The van der Waals surface area contributed by atoms with Gasteiger partial charge in [0.15, 0.2) is 0 Å². The van der Waals surface area contributed by atoms with Crippen LogP contribution < -0.4 is 5.32 Å². The average Bonchev–Trinajstić information content (AvgIpc) is 2.75. The summed E-state index contributed by atoms with van der Waals surface area (Å²) in [6.45, 7) is 5.06. The summed E-state index contributed by atoms with van der Waals surface area (Å²) in [5.41, 5.74) is 2.08. The van der Waals surface area contributed by atoms with Crippen LogP contribution >= 0.6 is 22.9 Å². The standard InChI is InChI=1S/C13H15ClN2S/c1-9(2)15-7-10-8-17-13(16-10)11-5-3-4-6-12(11)14/h3-6,8-9,15H,7H2,1-2H3. The number of hydrogen-bond donors (Lipinski definition) is 1. The van der Waals surface area contributed by atoms with Crippen LogP contribution in [-0.2, 0) is 6.54 Å². The van der Waals surface area contributed by atoms with E-state index in [-0.39, 0.29) is 0 Å². The Morgan fingerprint density at radius 1 is 1.35 bits per heavy atom. The number of hydrogen-bond acceptors (Lipinski definition) is 3. The largest absolute Gasteiger partial charge is 0.309 e. The number of nitrogens with zero attached hydrogens (tertiary/aromatic N) is 1. The molecular weight excluding hydrogens is 252 g/mol.